The molecule has 1 heterocycles. The summed E-state index contributed by atoms with van der Waals surface area (Å²) in [5.41, 5.74) is 6.99. The number of nitrogens with one attached hydrogen (secondary N) is 1. The molecule has 0 aliphatic heterocycles. The minimum atomic E-state index is 0.00764. The quantitative estimate of drug-likeness (QED) is 0.377. The van der Waals surface area contributed by atoms with Crippen LogP contribution in [0.4, 0.5) is 0 Å². The van der Waals surface area contributed by atoms with Gasteiger partial charge in [0.1, 0.15) is 5.01 Å². The van der Waals surface area contributed by atoms with Gasteiger partial charge in [-0.1, -0.05) is 6.92 Å². The Labute approximate surface area is 80.3 Å². The van der Waals surface area contributed by atoms with Crippen molar-refractivity contribution < 1.29 is 5.21 Å². The van der Waals surface area contributed by atoms with Crippen molar-refractivity contribution in [1.82, 2.24) is 10.5 Å². The highest BCUT2D eigenvalue weighted by Crippen LogP contribution is 2.13. The molecule has 1 aromatic heterocycles. The molecular weight excluding hydrogens is 188 g/mol. The highest BCUT2D eigenvalue weighted by Gasteiger charge is 1.98. The second-order valence-corrected chi connectivity index (χ2v) is 3.59. The molecule has 0 unspecified atom stereocenters. The zero-order valence-corrected chi connectivity index (χ0v) is 8.14. The van der Waals surface area contributed by atoms with Crippen LogP contribution in [-0.4, -0.2) is 16.2 Å². The minimum Gasteiger partial charge on any atom is -0.368 e. The molecule has 0 saturated heterocycles. The summed E-state index contributed by atoms with van der Waals surface area (Å²) in [5, 5.41) is 9.24. The molecular formula is C7H12N4OS. The van der Waals surface area contributed by atoms with E-state index < -0.39 is 0 Å². The Morgan fingerprint density at radius 2 is 2.62 bits per heavy atom. The average Bonchev–Trinajstić information content (AvgIpc) is 2.61. The maximum Gasteiger partial charge on any atom is 0.213 e. The molecule has 5 nitrogen and oxygen atoms in total. The van der Waals surface area contributed by atoms with Crippen LogP contribution < -0.4 is 11.2 Å². The van der Waals surface area contributed by atoms with Crippen LogP contribution in [0.25, 0.3) is 0 Å². The molecule has 1 aromatic rings. The fourth-order valence-corrected chi connectivity index (χ4v) is 1.56. The molecule has 0 saturated carbocycles. The molecule has 0 atom stereocenters. The van der Waals surface area contributed by atoms with Gasteiger partial charge in [-0.25, -0.2) is 15.5 Å². The van der Waals surface area contributed by atoms with Gasteiger partial charge < -0.3 is 5.73 Å². The second-order valence-electron chi connectivity index (χ2n) is 2.39. The lowest BCUT2D eigenvalue weighted by atomic mass is 10.4. The highest BCUT2D eigenvalue weighted by atomic mass is 32.1. The smallest absolute Gasteiger partial charge is 0.213 e. The van der Waals surface area contributed by atoms with Gasteiger partial charge in [-0.3, -0.25) is 5.21 Å². The lowest BCUT2D eigenvalue weighted by Crippen LogP contribution is -2.28. The number of aliphatic imine (C=N–C) groups is 1. The Hall–Kier alpha value is -1.14. The fraction of sp³-hybridized carbons (Fsp3) is 0.429. The molecule has 0 spiro atoms. The number of guanidine groups is 1. The van der Waals surface area contributed by atoms with E-state index >= 15 is 0 Å². The van der Waals surface area contributed by atoms with E-state index in [4.69, 9.17) is 10.9 Å². The third kappa shape index (κ3) is 3.00. The van der Waals surface area contributed by atoms with Crippen LogP contribution in [0.15, 0.2) is 11.2 Å². The molecule has 0 radical (unpaired) electrons. The van der Waals surface area contributed by atoms with Crippen molar-refractivity contribution in [1.29, 1.82) is 0 Å². The first-order valence-corrected chi connectivity index (χ1v) is 4.71. The number of nitrogens with two attached hydrogens (primary N) is 1. The molecule has 0 aromatic carbocycles. The predicted molar refractivity (Wildman–Crippen MR) is 51.7 cm³/mol. The average molecular weight is 200 g/mol. The number of hydrogen-bond donors (Lipinski definition) is 3. The third-order valence-corrected chi connectivity index (χ3v) is 2.58. The van der Waals surface area contributed by atoms with E-state index in [0.29, 0.717) is 6.54 Å². The summed E-state index contributed by atoms with van der Waals surface area (Å²) in [6.07, 6.45) is 2.81. The van der Waals surface area contributed by atoms with Crippen molar-refractivity contribution >= 4 is 17.3 Å². The van der Waals surface area contributed by atoms with Crippen molar-refractivity contribution in [2.24, 2.45) is 10.7 Å². The molecule has 0 aliphatic rings. The molecule has 72 valence electrons. The van der Waals surface area contributed by atoms with Crippen molar-refractivity contribution in [3.63, 3.8) is 0 Å². The number of hydrogen-bond acceptors (Lipinski definition) is 4. The van der Waals surface area contributed by atoms with E-state index in [1.165, 1.54) is 4.88 Å². The third-order valence-electron chi connectivity index (χ3n) is 1.45. The molecule has 0 fully saturated rings. The van der Waals surface area contributed by atoms with E-state index in [-0.39, 0.29) is 5.96 Å². The number of nitrogens with zero attached hydrogens (tertiary/aromatic N) is 2. The summed E-state index contributed by atoms with van der Waals surface area (Å²) in [6.45, 7) is 2.48. The maximum atomic E-state index is 8.34. The molecule has 0 aliphatic carbocycles. The van der Waals surface area contributed by atoms with Gasteiger partial charge in [0.15, 0.2) is 0 Å². The Morgan fingerprint density at radius 3 is 3.15 bits per heavy atom. The van der Waals surface area contributed by atoms with Gasteiger partial charge in [0.25, 0.3) is 0 Å². The van der Waals surface area contributed by atoms with Crippen LogP contribution in [0.5, 0.6) is 0 Å². The number of aryl methyl sites for hydroxylation is 1. The first-order chi connectivity index (χ1) is 6.26. The van der Waals surface area contributed by atoms with Gasteiger partial charge in [0.2, 0.25) is 5.96 Å². The van der Waals surface area contributed by atoms with E-state index in [1.807, 2.05) is 6.20 Å². The minimum absolute atomic E-state index is 0.00764. The van der Waals surface area contributed by atoms with Crippen LogP contribution in [-0.2, 0) is 13.0 Å². The first kappa shape index (κ1) is 9.94. The number of thiazole rings is 1. The SMILES string of the molecule is CCc1cnc(CN=C(N)NO)s1. The summed E-state index contributed by atoms with van der Waals surface area (Å²) in [5.74, 6) is 0.00764. The van der Waals surface area contributed by atoms with Gasteiger partial charge in [-0.15, -0.1) is 11.3 Å². The lowest BCUT2D eigenvalue weighted by Gasteiger charge is -1.94. The van der Waals surface area contributed by atoms with Crippen LogP contribution in [0.2, 0.25) is 0 Å². The second kappa shape index (κ2) is 4.78. The number of rotatable bonds is 3. The highest BCUT2D eigenvalue weighted by molar-refractivity contribution is 7.11. The summed E-state index contributed by atoms with van der Waals surface area (Å²) >= 11 is 1.60. The van der Waals surface area contributed by atoms with Gasteiger partial charge in [-0.05, 0) is 6.42 Å². The van der Waals surface area contributed by atoms with Crippen molar-refractivity contribution in [3.05, 3.63) is 16.1 Å². The molecule has 1 rings (SSSR count). The number of aromatic nitrogens is 1. The van der Waals surface area contributed by atoms with Crippen LogP contribution in [0.3, 0.4) is 0 Å². The van der Waals surface area contributed by atoms with Gasteiger partial charge >= 0.3 is 0 Å². The Balaban J connectivity index is 2.54. The zero-order chi connectivity index (χ0) is 9.68. The van der Waals surface area contributed by atoms with E-state index in [0.717, 1.165) is 11.4 Å². The molecule has 0 amide bonds. The van der Waals surface area contributed by atoms with Crippen LogP contribution in [0.1, 0.15) is 16.8 Å². The predicted octanol–water partition coefficient (Wildman–Crippen LogP) is 0.499. The van der Waals surface area contributed by atoms with E-state index in [1.54, 1.807) is 16.8 Å². The Bertz CT molecular complexity index is 296. The normalized spacial score (nSPS) is 11.7. The zero-order valence-electron chi connectivity index (χ0n) is 7.32. The van der Waals surface area contributed by atoms with Gasteiger partial charge in [-0.2, -0.15) is 0 Å². The Kier molecular flexibility index (Phi) is 3.66. The van der Waals surface area contributed by atoms with E-state index in [9.17, 15) is 0 Å². The summed E-state index contributed by atoms with van der Waals surface area (Å²) in [4.78, 5) is 9.20. The van der Waals surface area contributed by atoms with Gasteiger partial charge in [0, 0.05) is 11.1 Å². The number of hydroxylamine groups is 1. The molecule has 4 N–H and O–H groups in total. The van der Waals surface area contributed by atoms with Gasteiger partial charge in [0.05, 0.1) is 6.54 Å². The van der Waals surface area contributed by atoms with Crippen molar-refractivity contribution in [2.75, 3.05) is 0 Å². The standard InChI is InChI=1S/C7H12N4OS/c1-2-5-3-9-6(13-5)4-10-7(8)11-12/h3,12H,2,4H2,1H3,(H3,8,10,11). The lowest BCUT2D eigenvalue weighted by molar-refractivity contribution is 0.232. The van der Waals surface area contributed by atoms with Crippen molar-refractivity contribution in [2.45, 2.75) is 19.9 Å². The fourth-order valence-electron chi connectivity index (χ4n) is 0.773. The maximum absolute atomic E-state index is 8.34. The summed E-state index contributed by atoms with van der Waals surface area (Å²) in [6, 6.07) is 0. The van der Waals surface area contributed by atoms with E-state index in [2.05, 4.69) is 16.9 Å². The van der Waals surface area contributed by atoms with Crippen molar-refractivity contribution in [3.8, 4) is 0 Å². The summed E-state index contributed by atoms with van der Waals surface area (Å²) in [7, 11) is 0. The monoisotopic (exact) mass is 200 g/mol. The van der Waals surface area contributed by atoms with Crippen LogP contribution in [0, 0.1) is 0 Å². The summed E-state index contributed by atoms with van der Waals surface area (Å²) < 4.78 is 0. The Morgan fingerprint density at radius 1 is 1.85 bits per heavy atom. The first-order valence-electron chi connectivity index (χ1n) is 3.90. The molecule has 0 bridgehead atoms. The molecule has 6 heteroatoms. The largest absolute Gasteiger partial charge is 0.368 e. The van der Waals surface area contributed by atoms with Crippen LogP contribution >= 0.6 is 11.3 Å². The topological polar surface area (TPSA) is 83.5 Å². The molecule has 13 heavy (non-hydrogen) atoms.